The van der Waals surface area contributed by atoms with E-state index in [2.05, 4.69) is 21.4 Å². The van der Waals surface area contributed by atoms with Crippen LogP contribution in [0, 0.1) is 5.82 Å². The lowest BCUT2D eigenvalue weighted by Crippen LogP contribution is -2.27. The fourth-order valence-corrected chi connectivity index (χ4v) is 1.76. The Morgan fingerprint density at radius 2 is 2.31 bits per heavy atom. The number of halogens is 2. The van der Waals surface area contributed by atoms with E-state index in [4.69, 9.17) is 5.84 Å². The zero-order valence-electron chi connectivity index (χ0n) is 7.35. The standard InChI is InChI=1S/C9H12BrFN2/c1-2-8(13-12)6-4-3-5-7(11)9(6)10/h3-5,8,13H,2,12H2,1H3. The minimum atomic E-state index is -0.258. The fourth-order valence-electron chi connectivity index (χ4n) is 1.22. The molecule has 3 N–H and O–H groups in total. The maximum atomic E-state index is 13.1. The molecule has 0 aliphatic heterocycles. The van der Waals surface area contributed by atoms with Crippen molar-refractivity contribution < 1.29 is 4.39 Å². The van der Waals surface area contributed by atoms with Gasteiger partial charge in [0.15, 0.2) is 0 Å². The lowest BCUT2D eigenvalue weighted by atomic mass is 10.1. The van der Waals surface area contributed by atoms with Crippen molar-refractivity contribution >= 4 is 15.9 Å². The van der Waals surface area contributed by atoms with Gasteiger partial charge in [-0.05, 0) is 34.0 Å². The van der Waals surface area contributed by atoms with Crippen LogP contribution >= 0.6 is 15.9 Å². The Balaban J connectivity index is 3.05. The average molecular weight is 247 g/mol. The monoisotopic (exact) mass is 246 g/mol. The summed E-state index contributed by atoms with van der Waals surface area (Å²) in [4.78, 5) is 0. The van der Waals surface area contributed by atoms with Gasteiger partial charge in [0, 0.05) is 6.04 Å². The predicted octanol–water partition coefficient (Wildman–Crippen LogP) is 2.50. The number of rotatable bonds is 3. The van der Waals surface area contributed by atoms with E-state index in [0.717, 1.165) is 12.0 Å². The molecule has 2 nitrogen and oxygen atoms in total. The molecule has 1 unspecified atom stereocenters. The molecule has 0 bridgehead atoms. The van der Waals surface area contributed by atoms with Gasteiger partial charge in [-0.25, -0.2) is 4.39 Å². The van der Waals surface area contributed by atoms with Gasteiger partial charge in [0.1, 0.15) is 5.82 Å². The van der Waals surface area contributed by atoms with Crippen molar-refractivity contribution in [1.29, 1.82) is 0 Å². The maximum absolute atomic E-state index is 13.1. The van der Waals surface area contributed by atoms with Crippen molar-refractivity contribution in [3.63, 3.8) is 0 Å². The summed E-state index contributed by atoms with van der Waals surface area (Å²) in [5.74, 6) is 5.08. The molecule has 1 atom stereocenters. The van der Waals surface area contributed by atoms with E-state index < -0.39 is 0 Å². The largest absolute Gasteiger partial charge is 0.271 e. The third kappa shape index (κ3) is 2.27. The normalized spacial score (nSPS) is 12.9. The predicted molar refractivity (Wildman–Crippen MR) is 54.5 cm³/mol. The first kappa shape index (κ1) is 10.6. The Morgan fingerprint density at radius 1 is 1.62 bits per heavy atom. The summed E-state index contributed by atoms with van der Waals surface area (Å²) >= 11 is 3.19. The highest BCUT2D eigenvalue weighted by Gasteiger charge is 2.12. The molecule has 1 aromatic carbocycles. The van der Waals surface area contributed by atoms with Crippen LogP contribution in [0.25, 0.3) is 0 Å². The van der Waals surface area contributed by atoms with Crippen molar-refractivity contribution in [2.24, 2.45) is 5.84 Å². The summed E-state index contributed by atoms with van der Waals surface area (Å²) in [5, 5.41) is 0. The molecule has 1 rings (SSSR count). The third-order valence-corrected chi connectivity index (χ3v) is 2.80. The van der Waals surface area contributed by atoms with Crippen LogP contribution in [0.3, 0.4) is 0 Å². The van der Waals surface area contributed by atoms with Crippen LogP contribution in [0.15, 0.2) is 22.7 Å². The molecular formula is C9H12BrFN2. The quantitative estimate of drug-likeness (QED) is 0.636. The van der Waals surface area contributed by atoms with Crippen LogP contribution in [0.5, 0.6) is 0 Å². The molecule has 13 heavy (non-hydrogen) atoms. The number of hydrogen-bond donors (Lipinski definition) is 2. The van der Waals surface area contributed by atoms with E-state index in [9.17, 15) is 4.39 Å². The number of nitrogens with two attached hydrogens (primary N) is 1. The summed E-state index contributed by atoms with van der Waals surface area (Å²) in [6.07, 6.45) is 0.818. The van der Waals surface area contributed by atoms with E-state index in [1.807, 2.05) is 13.0 Å². The van der Waals surface area contributed by atoms with Gasteiger partial charge in [-0.15, -0.1) is 0 Å². The van der Waals surface area contributed by atoms with Gasteiger partial charge in [0.25, 0.3) is 0 Å². The maximum Gasteiger partial charge on any atom is 0.137 e. The van der Waals surface area contributed by atoms with Gasteiger partial charge in [0.2, 0.25) is 0 Å². The van der Waals surface area contributed by atoms with E-state index in [1.165, 1.54) is 6.07 Å². The van der Waals surface area contributed by atoms with Crippen molar-refractivity contribution in [3.05, 3.63) is 34.1 Å². The molecule has 4 heteroatoms. The van der Waals surface area contributed by atoms with E-state index in [0.29, 0.717) is 4.47 Å². The average Bonchev–Trinajstić information content (AvgIpc) is 2.14. The number of hydrazine groups is 1. The van der Waals surface area contributed by atoms with Crippen molar-refractivity contribution in [1.82, 2.24) is 5.43 Å². The molecule has 1 aromatic rings. The molecule has 0 fully saturated rings. The van der Waals surface area contributed by atoms with Crippen molar-refractivity contribution in [2.45, 2.75) is 19.4 Å². The summed E-state index contributed by atoms with van der Waals surface area (Å²) in [6, 6.07) is 4.93. The Hall–Kier alpha value is -0.450. The van der Waals surface area contributed by atoms with Crippen LogP contribution < -0.4 is 11.3 Å². The van der Waals surface area contributed by atoms with Gasteiger partial charge in [-0.3, -0.25) is 11.3 Å². The van der Waals surface area contributed by atoms with Gasteiger partial charge in [-0.2, -0.15) is 0 Å². The topological polar surface area (TPSA) is 38.0 Å². The zero-order chi connectivity index (χ0) is 9.84. The minimum Gasteiger partial charge on any atom is -0.271 e. The lowest BCUT2D eigenvalue weighted by molar-refractivity contribution is 0.529. The van der Waals surface area contributed by atoms with Gasteiger partial charge in [0.05, 0.1) is 4.47 Å². The smallest absolute Gasteiger partial charge is 0.137 e. The van der Waals surface area contributed by atoms with Crippen LogP contribution in [0.4, 0.5) is 4.39 Å². The van der Waals surface area contributed by atoms with E-state index in [1.54, 1.807) is 6.07 Å². The SMILES string of the molecule is CCC(NN)c1cccc(F)c1Br. The molecule has 0 aliphatic rings. The van der Waals surface area contributed by atoms with Crippen molar-refractivity contribution in [3.8, 4) is 0 Å². The number of hydrogen-bond acceptors (Lipinski definition) is 2. The summed E-state index contributed by atoms with van der Waals surface area (Å²) in [6.45, 7) is 1.99. The molecule has 0 amide bonds. The highest BCUT2D eigenvalue weighted by molar-refractivity contribution is 9.10. The Labute approximate surface area is 85.4 Å². The van der Waals surface area contributed by atoms with Gasteiger partial charge in [-0.1, -0.05) is 19.1 Å². The minimum absolute atomic E-state index is 0.00919. The lowest BCUT2D eigenvalue weighted by Gasteiger charge is -2.15. The molecule has 0 spiro atoms. The van der Waals surface area contributed by atoms with E-state index >= 15 is 0 Å². The first-order valence-corrected chi connectivity index (χ1v) is 4.90. The summed E-state index contributed by atoms with van der Waals surface area (Å²) < 4.78 is 13.6. The first-order valence-electron chi connectivity index (χ1n) is 4.10. The van der Waals surface area contributed by atoms with Crippen LogP contribution in [0.1, 0.15) is 24.9 Å². The van der Waals surface area contributed by atoms with Gasteiger partial charge >= 0.3 is 0 Å². The highest BCUT2D eigenvalue weighted by atomic mass is 79.9. The van der Waals surface area contributed by atoms with E-state index in [-0.39, 0.29) is 11.9 Å². The molecule has 0 aliphatic carbocycles. The van der Waals surface area contributed by atoms with Crippen molar-refractivity contribution in [2.75, 3.05) is 0 Å². The Kier molecular flexibility index (Phi) is 3.84. The molecule has 0 saturated carbocycles. The zero-order valence-corrected chi connectivity index (χ0v) is 8.94. The molecule has 0 radical (unpaired) electrons. The molecular weight excluding hydrogens is 235 g/mol. The molecule has 0 heterocycles. The highest BCUT2D eigenvalue weighted by Crippen LogP contribution is 2.27. The number of benzene rings is 1. The second-order valence-electron chi connectivity index (χ2n) is 2.77. The second kappa shape index (κ2) is 4.69. The third-order valence-electron chi connectivity index (χ3n) is 1.97. The molecule has 72 valence electrons. The molecule has 0 aromatic heterocycles. The summed E-state index contributed by atoms with van der Waals surface area (Å²) in [5.41, 5.74) is 3.49. The summed E-state index contributed by atoms with van der Waals surface area (Å²) in [7, 11) is 0. The van der Waals surface area contributed by atoms with Crippen LogP contribution in [-0.2, 0) is 0 Å². The first-order chi connectivity index (χ1) is 6.20. The fraction of sp³-hybridized carbons (Fsp3) is 0.333. The van der Waals surface area contributed by atoms with Gasteiger partial charge < -0.3 is 0 Å². The second-order valence-corrected chi connectivity index (χ2v) is 3.56. The van der Waals surface area contributed by atoms with Crippen LogP contribution in [-0.4, -0.2) is 0 Å². The molecule has 0 saturated heterocycles. The Morgan fingerprint density at radius 3 is 2.85 bits per heavy atom. The Bertz CT molecular complexity index is 287. The van der Waals surface area contributed by atoms with Crippen LogP contribution in [0.2, 0.25) is 0 Å². The number of nitrogens with one attached hydrogen (secondary N) is 1.